The molecule has 0 saturated heterocycles. The molecule has 1 amide bonds. The van der Waals surface area contributed by atoms with Gasteiger partial charge in [-0.1, -0.05) is 35.3 Å². The minimum Gasteiger partial charge on any atom is -0.493 e. The maximum Gasteiger partial charge on any atom is 0.226 e. The van der Waals surface area contributed by atoms with Gasteiger partial charge in [0.2, 0.25) is 5.91 Å². The third-order valence-corrected chi connectivity index (χ3v) is 5.55. The second-order valence-electron chi connectivity index (χ2n) is 5.88. The Morgan fingerprint density at radius 3 is 2.50 bits per heavy atom. The molecule has 1 aromatic heterocycles. The number of rotatable bonds is 7. The molecule has 1 N–H and O–H groups in total. The van der Waals surface area contributed by atoms with Gasteiger partial charge in [-0.15, -0.1) is 11.3 Å². The SMILES string of the molecule is COc1ccc(CNC(=O)Cc2csc(-c3c(Cl)cccc3Cl)n2)cc1OC. The summed E-state index contributed by atoms with van der Waals surface area (Å²) in [4.78, 5) is 16.8. The molecule has 8 heteroatoms. The van der Waals surface area contributed by atoms with Crippen LogP contribution in [-0.4, -0.2) is 25.1 Å². The lowest BCUT2D eigenvalue weighted by Crippen LogP contribution is -2.24. The number of benzene rings is 2. The van der Waals surface area contributed by atoms with Crippen molar-refractivity contribution in [3.63, 3.8) is 0 Å². The monoisotopic (exact) mass is 436 g/mol. The van der Waals surface area contributed by atoms with Crippen LogP contribution in [-0.2, 0) is 17.8 Å². The third-order valence-electron chi connectivity index (χ3n) is 4.01. The van der Waals surface area contributed by atoms with Crippen molar-refractivity contribution in [1.29, 1.82) is 0 Å². The number of hydrogen-bond donors (Lipinski definition) is 1. The molecule has 5 nitrogen and oxygen atoms in total. The number of halogens is 2. The van der Waals surface area contributed by atoms with Crippen LogP contribution in [0.3, 0.4) is 0 Å². The van der Waals surface area contributed by atoms with E-state index in [0.29, 0.717) is 44.4 Å². The van der Waals surface area contributed by atoms with E-state index in [9.17, 15) is 4.79 Å². The number of hydrogen-bond acceptors (Lipinski definition) is 5. The average molecular weight is 437 g/mol. The summed E-state index contributed by atoms with van der Waals surface area (Å²) in [6.07, 6.45) is 0.172. The van der Waals surface area contributed by atoms with E-state index in [1.807, 2.05) is 17.5 Å². The molecular formula is C20H18Cl2N2O3S. The molecular weight excluding hydrogens is 419 g/mol. The Morgan fingerprint density at radius 1 is 1.11 bits per heavy atom. The number of nitrogens with zero attached hydrogens (tertiary/aromatic N) is 1. The Hall–Kier alpha value is -2.28. The molecule has 0 aliphatic heterocycles. The predicted molar refractivity (Wildman–Crippen MR) is 113 cm³/mol. The summed E-state index contributed by atoms with van der Waals surface area (Å²) in [5, 5.41) is 6.48. The van der Waals surface area contributed by atoms with Crippen LogP contribution in [0.4, 0.5) is 0 Å². The zero-order chi connectivity index (χ0) is 20.1. The molecule has 0 aliphatic carbocycles. The molecule has 0 spiro atoms. The van der Waals surface area contributed by atoms with E-state index in [0.717, 1.165) is 5.56 Å². The highest BCUT2D eigenvalue weighted by Crippen LogP contribution is 2.36. The molecule has 1 heterocycles. The Bertz CT molecular complexity index is 971. The second-order valence-corrected chi connectivity index (χ2v) is 7.56. The van der Waals surface area contributed by atoms with E-state index in [1.54, 1.807) is 38.5 Å². The normalized spacial score (nSPS) is 10.6. The highest BCUT2D eigenvalue weighted by molar-refractivity contribution is 7.13. The number of nitrogens with one attached hydrogen (secondary N) is 1. The molecule has 146 valence electrons. The van der Waals surface area contributed by atoms with E-state index >= 15 is 0 Å². The maximum atomic E-state index is 12.3. The van der Waals surface area contributed by atoms with Gasteiger partial charge in [0, 0.05) is 17.5 Å². The van der Waals surface area contributed by atoms with Crippen molar-refractivity contribution in [2.24, 2.45) is 0 Å². The molecule has 28 heavy (non-hydrogen) atoms. The van der Waals surface area contributed by atoms with E-state index < -0.39 is 0 Å². The number of carbonyl (C=O) groups is 1. The van der Waals surface area contributed by atoms with E-state index in [2.05, 4.69) is 10.3 Å². The third kappa shape index (κ3) is 4.76. The molecule has 0 unspecified atom stereocenters. The first-order valence-electron chi connectivity index (χ1n) is 8.38. The van der Waals surface area contributed by atoms with Crippen LogP contribution in [0.2, 0.25) is 10.0 Å². The Balaban J connectivity index is 1.62. The van der Waals surface area contributed by atoms with Crippen LogP contribution < -0.4 is 14.8 Å². The van der Waals surface area contributed by atoms with Gasteiger partial charge in [0.1, 0.15) is 5.01 Å². The van der Waals surface area contributed by atoms with Crippen molar-refractivity contribution in [3.8, 4) is 22.1 Å². The van der Waals surface area contributed by atoms with Crippen LogP contribution in [0, 0.1) is 0 Å². The number of aromatic nitrogens is 1. The highest BCUT2D eigenvalue weighted by Gasteiger charge is 2.14. The maximum absolute atomic E-state index is 12.3. The Labute approximate surface area is 177 Å². The first-order valence-corrected chi connectivity index (χ1v) is 10.0. The first kappa shape index (κ1) is 20.5. The number of thiazole rings is 1. The quantitative estimate of drug-likeness (QED) is 0.566. The van der Waals surface area contributed by atoms with Crippen LogP contribution in [0.5, 0.6) is 11.5 Å². The fourth-order valence-corrected chi connectivity index (χ4v) is 4.20. The standard InChI is InChI=1S/C20H18Cl2N2O3S/c1-26-16-7-6-12(8-17(16)27-2)10-23-18(25)9-13-11-28-20(24-13)19-14(21)4-3-5-15(19)22/h3-8,11H,9-10H2,1-2H3,(H,23,25). The molecule has 0 atom stereocenters. The summed E-state index contributed by atoms with van der Waals surface area (Å²) < 4.78 is 10.5. The van der Waals surface area contributed by atoms with E-state index in [4.69, 9.17) is 32.7 Å². The molecule has 0 bridgehead atoms. The molecule has 0 radical (unpaired) electrons. The molecule has 0 saturated carbocycles. The zero-order valence-corrected chi connectivity index (χ0v) is 17.6. The summed E-state index contributed by atoms with van der Waals surface area (Å²) in [5.41, 5.74) is 2.27. The predicted octanol–water partition coefficient (Wildman–Crippen LogP) is 4.99. The lowest BCUT2D eigenvalue weighted by Gasteiger charge is -2.10. The van der Waals surface area contributed by atoms with E-state index in [1.165, 1.54) is 11.3 Å². The van der Waals surface area contributed by atoms with Gasteiger partial charge in [0.15, 0.2) is 11.5 Å². The van der Waals surface area contributed by atoms with Crippen molar-refractivity contribution < 1.29 is 14.3 Å². The lowest BCUT2D eigenvalue weighted by atomic mass is 10.2. The number of amides is 1. The van der Waals surface area contributed by atoms with Crippen molar-refractivity contribution in [2.45, 2.75) is 13.0 Å². The topological polar surface area (TPSA) is 60.5 Å². The molecule has 3 aromatic rings. The van der Waals surface area contributed by atoms with Crippen molar-refractivity contribution >= 4 is 40.4 Å². The van der Waals surface area contributed by atoms with Gasteiger partial charge in [0.25, 0.3) is 0 Å². The van der Waals surface area contributed by atoms with Gasteiger partial charge in [-0.3, -0.25) is 4.79 Å². The van der Waals surface area contributed by atoms with Crippen molar-refractivity contribution in [2.75, 3.05) is 14.2 Å². The smallest absolute Gasteiger partial charge is 0.226 e. The number of ether oxygens (including phenoxy) is 2. The summed E-state index contributed by atoms with van der Waals surface area (Å²) in [6, 6.07) is 10.8. The van der Waals surface area contributed by atoms with Gasteiger partial charge in [-0.25, -0.2) is 4.98 Å². The largest absolute Gasteiger partial charge is 0.493 e. The summed E-state index contributed by atoms with van der Waals surface area (Å²) in [5.74, 6) is 1.14. The second kappa shape index (κ2) is 9.28. The number of methoxy groups -OCH3 is 2. The van der Waals surface area contributed by atoms with Gasteiger partial charge in [-0.2, -0.15) is 0 Å². The Morgan fingerprint density at radius 2 is 1.82 bits per heavy atom. The average Bonchev–Trinajstić information content (AvgIpc) is 3.13. The molecule has 0 fully saturated rings. The summed E-state index contributed by atoms with van der Waals surface area (Å²) >= 11 is 13.9. The number of carbonyl (C=O) groups excluding carboxylic acids is 1. The minimum absolute atomic E-state index is 0.128. The summed E-state index contributed by atoms with van der Waals surface area (Å²) in [7, 11) is 3.16. The highest BCUT2D eigenvalue weighted by atomic mass is 35.5. The van der Waals surface area contributed by atoms with Gasteiger partial charge >= 0.3 is 0 Å². The van der Waals surface area contributed by atoms with Crippen LogP contribution in [0.25, 0.3) is 10.6 Å². The zero-order valence-electron chi connectivity index (χ0n) is 15.3. The first-order chi connectivity index (χ1) is 13.5. The van der Waals surface area contributed by atoms with Gasteiger partial charge in [0.05, 0.1) is 36.4 Å². The fraction of sp³-hybridized carbons (Fsp3) is 0.200. The van der Waals surface area contributed by atoms with Gasteiger partial charge < -0.3 is 14.8 Å². The lowest BCUT2D eigenvalue weighted by molar-refractivity contribution is -0.120. The van der Waals surface area contributed by atoms with Crippen LogP contribution in [0.1, 0.15) is 11.3 Å². The molecule has 0 aliphatic rings. The molecule has 3 rings (SSSR count). The van der Waals surface area contributed by atoms with Crippen molar-refractivity contribution in [3.05, 3.63) is 63.1 Å². The minimum atomic E-state index is -0.128. The molecule has 2 aromatic carbocycles. The summed E-state index contributed by atoms with van der Waals surface area (Å²) in [6.45, 7) is 0.381. The van der Waals surface area contributed by atoms with Crippen LogP contribution >= 0.6 is 34.5 Å². The fourth-order valence-electron chi connectivity index (χ4n) is 2.62. The van der Waals surface area contributed by atoms with E-state index in [-0.39, 0.29) is 12.3 Å². The van der Waals surface area contributed by atoms with Gasteiger partial charge in [-0.05, 0) is 29.8 Å². The van der Waals surface area contributed by atoms with Crippen molar-refractivity contribution in [1.82, 2.24) is 10.3 Å². The Kier molecular flexibility index (Phi) is 6.78. The van der Waals surface area contributed by atoms with Crippen LogP contribution in [0.15, 0.2) is 41.8 Å².